The molecular weight excluding hydrogens is 514 g/mol. The molecule has 0 unspecified atom stereocenters. The Hall–Kier alpha value is -4.13. The van der Waals surface area contributed by atoms with E-state index in [-0.39, 0.29) is 12.1 Å². The summed E-state index contributed by atoms with van der Waals surface area (Å²) in [5.41, 5.74) is 3.83. The number of aromatic nitrogens is 1. The Kier molecular flexibility index (Phi) is 6.58. The van der Waals surface area contributed by atoms with E-state index in [4.69, 9.17) is 33.0 Å². The third-order valence-electron chi connectivity index (χ3n) is 6.58. The van der Waals surface area contributed by atoms with E-state index in [1.165, 1.54) is 0 Å². The van der Waals surface area contributed by atoms with Crippen LogP contribution in [0.15, 0.2) is 114 Å². The Morgan fingerprint density at radius 3 is 2.39 bits per heavy atom. The van der Waals surface area contributed by atoms with Crippen molar-refractivity contribution in [2.24, 2.45) is 0 Å². The van der Waals surface area contributed by atoms with Crippen molar-refractivity contribution in [3.63, 3.8) is 0 Å². The van der Waals surface area contributed by atoms with Gasteiger partial charge in [0, 0.05) is 22.5 Å². The Morgan fingerprint density at radius 2 is 1.66 bits per heavy atom. The highest BCUT2D eigenvalue weighted by Crippen LogP contribution is 2.43. The molecule has 0 spiro atoms. The highest BCUT2D eigenvalue weighted by molar-refractivity contribution is 7.80. The molecule has 0 saturated carbocycles. The summed E-state index contributed by atoms with van der Waals surface area (Å²) in [4.78, 5) is 6.70. The zero-order valence-electron chi connectivity index (χ0n) is 20.5. The summed E-state index contributed by atoms with van der Waals surface area (Å²) in [6.07, 6.45) is 1.79. The number of ether oxygens (including phenoxy) is 1. The van der Waals surface area contributed by atoms with Crippen LogP contribution in [0.25, 0.3) is 11.3 Å². The van der Waals surface area contributed by atoms with Gasteiger partial charge in [-0.05, 0) is 104 Å². The van der Waals surface area contributed by atoms with Gasteiger partial charge in [0.25, 0.3) is 0 Å². The number of halogens is 1. The summed E-state index contributed by atoms with van der Waals surface area (Å²) in [6.45, 7) is 2.03. The maximum Gasteiger partial charge on any atom is 0.174 e. The van der Waals surface area contributed by atoms with Crippen molar-refractivity contribution in [2.75, 3.05) is 4.90 Å². The van der Waals surface area contributed by atoms with E-state index in [1.54, 1.807) is 6.20 Å². The highest BCUT2D eigenvalue weighted by atomic mass is 35.5. The predicted octanol–water partition coefficient (Wildman–Crippen LogP) is 8.27. The van der Waals surface area contributed by atoms with Gasteiger partial charge >= 0.3 is 0 Å². The molecule has 3 heterocycles. The molecule has 0 amide bonds. The van der Waals surface area contributed by atoms with E-state index in [1.807, 2.05) is 110 Å². The molecule has 1 N–H and O–H groups in total. The lowest BCUT2D eigenvalue weighted by Gasteiger charge is -2.26. The number of rotatable bonds is 6. The minimum Gasteiger partial charge on any atom is -0.459 e. The fraction of sp³-hybridized carbons (Fsp3) is 0.0968. The number of nitrogens with zero attached hydrogens (tertiary/aromatic N) is 2. The molecule has 3 aromatic carbocycles. The Balaban J connectivity index is 1.35. The molecule has 1 aliphatic rings. The fourth-order valence-electron chi connectivity index (χ4n) is 4.68. The van der Waals surface area contributed by atoms with Crippen LogP contribution in [-0.2, 0) is 0 Å². The molecule has 38 heavy (non-hydrogen) atoms. The molecular formula is C31H24ClN3O2S. The van der Waals surface area contributed by atoms with E-state index >= 15 is 0 Å². The van der Waals surface area contributed by atoms with Gasteiger partial charge in [-0.2, -0.15) is 0 Å². The molecule has 5 aromatic rings. The van der Waals surface area contributed by atoms with Gasteiger partial charge in [-0.15, -0.1) is 0 Å². The number of thiocarbonyl (C=S) groups is 1. The lowest BCUT2D eigenvalue weighted by molar-refractivity contribution is 0.439. The van der Waals surface area contributed by atoms with Crippen molar-refractivity contribution < 1.29 is 9.15 Å². The second-order valence-electron chi connectivity index (χ2n) is 9.07. The first-order chi connectivity index (χ1) is 18.6. The topological polar surface area (TPSA) is 50.5 Å². The molecule has 2 atom stereocenters. The molecule has 188 valence electrons. The average molecular weight is 538 g/mol. The molecule has 0 radical (unpaired) electrons. The first kappa shape index (κ1) is 24.2. The average Bonchev–Trinajstić information content (AvgIpc) is 3.56. The van der Waals surface area contributed by atoms with Gasteiger partial charge in [0.2, 0.25) is 0 Å². The number of nitrogens with one attached hydrogen (secondary N) is 1. The molecule has 5 nitrogen and oxygen atoms in total. The second-order valence-corrected chi connectivity index (χ2v) is 9.89. The summed E-state index contributed by atoms with van der Waals surface area (Å²) in [6, 6.07) is 32.9. The Bertz CT molecular complexity index is 1570. The summed E-state index contributed by atoms with van der Waals surface area (Å²) in [5.74, 6) is 3.12. The molecule has 1 saturated heterocycles. The quantitative estimate of drug-likeness (QED) is 0.220. The lowest BCUT2D eigenvalue weighted by atomic mass is 10.0. The highest BCUT2D eigenvalue weighted by Gasteiger charge is 2.42. The molecule has 7 heteroatoms. The molecule has 6 rings (SSSR count). The minimum atomic E-state index is -0.249. The van der Waals surface area contributed by atoms with Gasteiger partial charge in [-0.25, -0.2) is 0 Å². The van der Waals surface area contributed by atoms with Gasteiger partial charge in [0.15, 0.2) is 5.11 Å². The van der Waals surface area contributed by atoms with Gasteiger partial charge in [0.1, 0.15) is 29.1 Å². The smallest absolute Gasteiger partial charge is 0.174 e. The molecule has 1 fully saturated rings. The molecule has 2 aromatic heterocycles. The number of aryl methyl sites for hydroxylation is 1. The molecule has 1 aliphatic heterocycles. The number of hydrogen-bond donors (Lipinski definition) is 1. The normalized spacial score (nSPS) is 16.9. The third-order valence-corrected chi connectivity index (χ3v) is 7.15. The van der Waals surface area contributed by atoms with Crippen molar-refractivity contribution >= 4 is 34.6 Å². The van der Waals surface area contributed by atoms with Gasteiger partial charge in [0.05, 0.1) is 11.7 Å². The van der Waals surface area contributed by atoms with Crippen LogP contribution >= 0.6 is 23.8 Å². The number of benzene rings is 3. The van der Waals surface area contributed by atoms with E-state index in [0.29, 0.717) is 10.1 Å². The van der Waals surface area contributed by atoms with Crippen LogP contribution in [0.1, 0.15) is 29.1 Å². The second kappa shape index (κ2) is 10.3. The maximum atomic E-state index is 6.42. The first-order valence-electron chi connectivity index (χ1n) is 12.3. The standard InChI is InChI=1S/C31H24ClN3O2S/c1-20-6-2-3-8-26(20)36-24-15-13-23(14-16-24)35-30(29(34-31(35)38)25-7-4-5-19-33-25)28-18-17-27(37-28)21-9-11-22(32)12-10-21/h2-19,29-30H,1H3,(H,34,38)/t29-,30-/m1/s1. The zero-order chi connectivity index (χ0) is 26.1. The monoisotopic (exact) mass is 537 g/mol. The summed E-state index contributed by atoms with van der Waals surface area (Å²) >= 11 is 11.9. The third kappa shape index (κ3) is 4.76. The SMILES string of the molecule is Cc1ccccc1Oc1ccc(N2C(=S)N[C@H](c3ccccn3)[C@H]2c2ccc(-c3ccc(Cl)cc3)o2)cc1. The van der Waals surface area contributed by atoms with E-state index < -0.39 is 0 Å². The van der Waals surface area contributed by atoms with Crippen LogP contribution in [0.4, 0.5) is 5.69 Å². The number of furan rings is 1. The van der Waals surface area contributed by atoms with Gasteiger partial charge in [-0.3, -0.25) is 4.98 Å². The molecule has 0 bridgehead atoms. The number of anilines is 1. The van der Waals surface area contributed by atoms with Gasteiger partial charge < -0.3 is 19.4 Å². The van der Waals surface area contributed by atoms with Crippen molar-refractivity contribution in [3.05, 3.63) is 131 Å². The Morgan fingerprint density at radius 1 is 0.895 bits per heavy atom. The minimum absolute atomic E-state index is 0.198. The first-order valence-corrected chi connectivity index (χ1v) is 13.1. The van der Waals surface area contributed by atoms with Crippen molar-refractivity contribution in [3.8, 4) is 22.8 Å². The van der Waals surface area contributed by atoms with E-state index in [9.17, 15) is 0 Å². The van der Waals surface area contributed by atoms with Crippen LogP contribution in [0.5, 0.6) is 11.5 Å². The van der Waals surface area contributed by atoms with Crippen LogP contribution in [0.2, 0.25) is 5.02 Å². The van der Waals surface area contributed by atoms with E-state index in [2.05, 4.69) is 15.2 Å². The van der Waals surface area contributed by atoms with Crippen LogP contribution in [-0.4, -0.2) is 10.1 Å². The largest absolute Gasteiger partial charge is 0.459 e. The number of pyridine rings is 1. The summed E-state index contributed by atoms with van der Waals surface area (Å²) in [7, 11) is 0. The van der Waals surface area contributed by atoms with Crippen molar-refractivity contribution in [1.82, 2.24) is 10.3 Å². The van der Waals surface area contributed by atoms with Crippen LogP contribution in [0.3, 0.4) is 0 Å². The number of hydrogen-bond acceptors (Lipinski definition) is 4. The molecule has 0 aliphatic carbocycles. The fourth-order valence-corrected chi connectivity index (χ4v) is 5.15. The Labute approximate surface area is 231 Å². The zero-order valence-corrected chi connectivity index (χ0v) is 22.1. The number of para-hydroxylation sites is 1. The van der Waals surface area contributed by atoms with Crippen LogP contribution < -0.4 is 15.0 Å². The van der Waals surface area contributed by atoms with Crippen LogP contribution in [0, 0.1) is 6.92 Å². The van der Waals surface area contributed by atoms with Crippen molar-refractivity contribution in [2.45, 2.75) is 19.0 Å². The van der Waals surface area contributed by atoms with Crippen molar-refractivity contribution in [1.29, 1.82) is 0 Å². The summed E-state index contributed by atoms with van der Waals surface area (Å²) in [5, 5.41) is 4.75. The lowest BCUT2D eigenvalue weighted by Crippen LogP contribution is -2.29. The van der Waals surface area contributed by atoms with E-state index in [0.717, 1.165) is 45.5 Å². The maximum absolute atomic E-state index is 6.42. The summed E-state index contributed by atoms with van der Waals surface area (Å²) < 4.78 is 12.5. The van der Waals surface area contributed by atoms with Gasteiger partial charge in [-0.1, -0.05) is 35.9 Å². The predicted molar refractivity (Wildman–Crippen MR) is 155 cm³/mol.